The monoisotopic (exact) mass is 314 g/mol. The molecule has 4 heteroatoms. The summed E-state index contributed by atoms with van der Waals surface area (Å²) >= 11 is 1.75. The smallest absolute Gasteiger partial charge is 0.237 e. The van der Waals surface area contributed by atoms with Crippen LogP contribution in [0.1, 0.15) is 23.3 Å². The van der Waals surface area contributed by atoms with Crippen LogP contribution in [-0.4, -0.2) is 29.9 Å². The molecule has 2 aromatic rings. The second-order valence-corrected chi connectivity index (χ2v) is 6.77. The lowest BCUT2D eigenvalue weighted by atomic mass is 10.1. The van der Waals surface area contributed by atoms with E-state index in [-0.39, 0.29) is 11.9 Å². The number of amides is 1. The molecule has 1 aliphatic heterocycles. The number of benzene rings is 1. The van der Waals surface area contributed by atoms with E-state index in [1.165, 1.54) is 10.4 Å². The van der Waals surface area contributed by atoms with Crippen LogP contribution in [0.3, 0.4) is 0 Å². The Morgan fingerprint density at radius 3 is 2.86 bits per heavy atom. The van der Waals surface area contributed by atoms with Crippen LogP contribution in [0.25, 0.3) is 0 Å². The zero-order valence-corrected chi connectivity index (χ0v) is 13.5. The van der Waals surface area contributed by atoms with Gasteiger partial charge in [0.15, 0.2) is 0 Å². The second-order valence-electron chi connectivity index (χ2n) is 5.73. The van der Waals surface area contributed by atoms with Gasteiger partial charge in [0.2, 0.25) is 5.91 Å². The maximum atomic E-state index is 12.4. The van der Waals surface area contributed by atoms with Gasteiger partial charge in [-0.1, -0.05) is 36.4 Å². The highest BCUT2D eigenvalue weighted by Gasteiger charge is 2.30. The fourth-order valence-electron chi connectivity index (χ4n) is 3.01. The van der Waals surface area contributed by atoms with Crippen molar-refractivity contribution >= 4 is 17.2 Å². The van der Waals surface area contributed by atoms with Crippen molar-refractivity contribution < 1.29 is 4.79 Å². The Morgan fingerprint density at radius 2 is 2.09 bits per heavy atom. The first kappa shape index (κ1) is 15.3. The van der Waals surface area contributed by atoms with Crippen LogP contribution in [0.15, 0.2) is 47.8 Å². The summed E-state index contributed by atoms with van der Waals surface area (Å²) in [6.45, 7) is 2.61. The third-order valence-corrected chi connectivity index (χ3v) is 5.08. The van der Waals surface area contributed by atoms with Crippen LogP contribution in [0.2, 0.25) is 0 Å². The number of nitrogens with one attached hydrogen (secondary N) is 1. The van der Waals surface area contributed by atoms with Crippen LogP contribution >= 0.6 is 11.3 Å². The number of nitrogens with zero attached hydrogens (tertiary/aromatic N) is 1. The van der Waals surface area contributed by atoms with Gasteiger partial charge in [-0.2, -0.15) is 0 Å². The number of likely N-dealkylation sites (tertiary alicyclic amines) is 1. The van der Waals surface area contributed by atoms with E-state index in [9.17, 15) is 4.79 Å². The first-order chi connectivity index (χ1) is 10.8. The molecule has 1 N–H and O–H groups in total. The molecule has 1 unspecified atom stereocenters. The van der Waals surface area contributed by atoms with Gasteiger partial charge in [0.05, 0.1) is 6.04 Å². The van der Waals surface area contributed by atoms with Crippen LogP contribution in [-0.2, 0) is 17.8 Å². The van der Waals surface area contributed by atoms with Gasteiger partial charge in [0.25, 0.3) is 0 Å². The molecule has 1 aromatic heterocycles. The Morgan fingerprint density at radius 1 is 1.23 bits per heavy atom. The van der Waals surface area contributed by atoms with Crippen LogP contribution in [0.4, 0.5) is 0 Å². The van der Waals surface area contributed by atoms with Gasteiger partial charge >= 0.3 is 0 Å². The van der Waals surface area contributed by atoms with Crippen LogP contribution in [0.5, 0.6) is 0 Å². The molecule has 22 heavy (non-hydrogen) atoms. The Balaban J connectivity index is 1.50. The predicted molar refractivity (Wildman–Crippen MR) is 90.9 cm³/mol. The van der Waals surface area contributed by atoms with Crippen molar-refractivity contribution in [2.75, 3.05) is 13.1 Å². The minimum Gasteiger partial charge on any atom is -0.354 e. The molecule has 1 aromatic carbocycles. The van der Waals surface area contributed by atoms with E-state index in [0.29, 0.717) is 0 Å². The number of thiophene rings is 1. The maximum Gasteiger partial charge on any atom is 0.237 e. The van der Waals surface area contributed by atoms with Gasteiger partial charge in [-0.05, 0) is 42.8 Å². The average Bonchev–Trinajstić information content (AvgIpc) is 3.20. The van der Waals surface area contributed by atoms with E-state index in [2.05, 4.69) is 52.0 Å². The van der Waals surface area contributed by atoms with Crippen molar-refractivity contribution in [2.45, 2.75) is 31.8 Å². The Labute approximate surface area is 136 Å². The van der Waals surface area contributed by atoms with Gasteiger partial charge in [0.1, 0.15) is 0 Å². The van der Waals surface area contributed by atoms with Crippen molar-refractivity contribution in [3.8, 4) is 0 Å². The van der Waals surface area contributed by atoms with Crippen molar-refractivity contribution in [3.63, 3.8) is 0 Å². The Kier molecular flexibility index (Phi) is 5.24. The zero-order valence-electron chi connectivity index (χ0n) is 12.7. The predicted octanol–water partition coefficient (Wildman–Crippen LogP) is 3.07. The standard InChI is InChI=1S/C18H22N2OS/c21-18(19-11-10-16-8-5-13-22-16)17-9-4-12-20(17)14-15-6-2-1-3-7-15/h1-3,5-8,13,17H,4,9-12,14H2,(H,19,21). The summed E-state index contributed by atoms with van der Waals surface area (Å²) in [5, 5.41) is 5.18. The molecule has 3 nitrogen and oxygen atoms in total. The number of hydrogen-bond donors (Lipinski definition) is 1. The van der Waals surface area contributed by atoms with Crippen molar-refractivity contribution in [3.05, 3.63) is 58.3 Å². The fraction of sp³-hybridized carbons (Fsp3) is 0.389. The summed E-state index contributed by atoms with van der Waals surface area (Å²) in [6.07, 6.45) is 3.00. The van der Waals surface area contributed by atoms with E-state index >= 15 is 0 Å². The molecule has 1 amide bonds. The molecular weight excluding hydrogens is 292 g/mol. The number of hydrogen-bond acceptors (Lipinski definition) is 3. The SMILES string of the molecule is O=C(NCCc1cccs1)C1CCCN1Cc1ccccc1. The summed E-state index contributed by atoms with van der Waals surface area (Å²) in [4.78, 5) is 16.1. The fourth-order valence-corrected chi connectivity index (χ4v) is 3.72. The molecule has 0 bridgehead atoms. The summed E-state index contributed by atoms with van der Waals surface area (Å²) in [7, 11) is 0. The average molecular weight is 314 g/mol. The highest BCUT2D eigenvalue weighted by atomic mass is 32.1. The summed E-state index contributed by atoms with van der Waals surface area (Å²) in [5.41, 5.74) is 1.28. The maximum absolute atomic E-state index is 12.4. The zero-order chi connectivity index (χ0) is 15.2. The van der Waals surface area contributed by atoms with Gasteiger partial charge in [0, 0.05) is 18.0 Å². The summed E-state index contributed by atoms with van der Waals surface area (Å²) < 4.78 is 0. The van der Waals surface area contributed by atoms with Gasteiger partial charge in [-0.15, -0.1) is 11.3 Å². The van der Waals surface area contributed by atoms with Crippen molar-refractivity contribution in [1.82, 2.24) is 10.2 Å². The van der Waals surface area contributed by atoms with Crippen LogP contribution in [0, 0.1) is 0 Å². The number of carbonyl (C=O) groups excluding carboxylic acids is 1. The van der Waals surface area contributed by atoms with E-state index in [1.807, 2.05) is 6.07 Å². The molecule has 116 valence electrons. The van der Waals surface area contributed by atoms with Crippen LogP contribution < -0.4 is 5.32 Å². The third kappa shape index (κ3) is 3.96. The first-order valence-corrected chi connectivity index (χ1v) is 8.79. The van der Waals surface area contributed by atoms with E-state index in [0.717, 1.165) is 38.9 Å². The lowest BCUT2D eigenvalue weighted by molar-refractivity contribution is -0.125. The minimum atomic E-state index is 0.0311. The molecule has 1 atom stereocenters. The van der Waals surface area contributed by atoms with Gasteiger partial charge in [-0.25, -0.2) is 0 Å². The second kappa shape index (κ2) is 7.56. The largest absolute Gasteiger partial charge is 0.354 e. The van der Waals surface area contributed by atoms with E-state index < -0.39 is 0 Å². The minimum absolute atomic E-state index is 0.0311. The highest BCUT2D eigenvalue weighted by Crippen LogP contribution is 2.20. The Bertz CT molecular complexity index is 582. The third-order valence-electron chi connectivity index (χ3n) is 4.15. The molecule has 2 heterocycles. The molecule has 0 aliphatic carbocycles. The molecule has 1 saturated heterocycles. The summed E-state index contributed by atoms with van der Waals surface area (Å²) in [6, 6.07) is 14.6. The molecule has 1 aliphatic rings. The molecule has 0 spiro atoms. The molecule has 1 fully saturated rings. The first-order valence-electron chi connectivity index (χ1n) is 7.91. The quantitative estimate of drug-likeness (QED) is 0.889. The van der Waals surface area contributed by atoms with E-state index in [1.54, 1.807) is 11.3 Å². The Hall–Kier alpha value is -1.65. The normalized spacial score (nSPS) is 18.5. The summed E-state index contributed by atoms with van der Waals surface area (Å²) in [5.74, 6) is 0.185. The molecule has 0 radical (unpaired) electrons. The van der Waals surface area contributed by atoms with Crippen molar-refractivity contribution in [2.24, 2.45) is 0 Å². The molecular formula is C18H22N2OS. The number of carbonyl (C=O) groups is 1. The van der Waals surface area contributed by atoms with Gasteiger partial charge in [-0.3, -0.25) is 9.69 Å². The number of rotatable bonds is 6. The van der Waals surface area contributed by atoms with Crippen molar-refractivity contribution in [1.29, 1.82) is 0 Å². The lowest BCUT2D eigenvalue weighted by Gasteiger charge is -2.23. The highest BCUT2D eigenvalue weighted by molar-refractivity contribution is 7.09. The van der Waals surface area contributed by atoms with E-state index in [4.69, 9.17) is 0 Å². The van der Waals surface area contributed by atoms with Gasteiger partial charge < -0.3 is 5.32 Å². The topological polar surface area (TPSA) is 32.3 Å². The molecule has 3 rings (SSSR count). The molecule has 0 saturated carbocycles. The lowest BCUT2D eigenvalue weighted by Crippen LogP contribution is -2.43.